The average Bonchev–Trinajstić information content (AvgIpc) is 2.79. The molecule has 0 saturated carbocycles. The van der Waals surface area contributed by atoms with Crippen molar-refractivity contribution in [1.29, 1.82) is 0 Å². The van der Waals surface area contributed by atoms with Crippen molar-refractivity contribution in [2.45, 2.75) is 25.6 Å². The highest BCUT2D eigenvalue weighted by molar-refractivity contribution is 6.10. The fraction of sp³-hybridized carbons (Fsp3) is 0.240. The Morgan fingerprint density at radius 1 is 0.897 bits per heavy atom. The number of hydrogen-bond acceptors (Lipinski definition) is 4. The van der Waals surface area contributed by atoms with Crippen molar-refractivity contribution in [2.24, 2.45) is 0 Å². The molecular formula is C25H24O4. The van der Waals surface area contributed by atoms with Crippen LogP contribution in [0.2, 0.25) is 0 Å². The van der Waals surface area contributed by atoms with E-state index in [4.69, 9.17) is 14.2 Å². The third kappa shape index (κ3) is 5.04. The van der Waals surface area contributed by atoms with E-state index >= 15 is 0 Å². The summed E-state index contributed by atoms with van der Waals surface area (Å²) in [7, 11) is 0. The van der Waals surface area contributed by atoms with E-state index in [2.05, 4.69) is 0 Å². The van der Waals surface area contributed by atoms with Crippen LogP contribution in [0.25, 0.3) is 0 Å². The van der Waals surface area contributed by atoms with Gasteiger partial charge in [0.2, 0.25) is 0 Å². The van der Waals surface area contributed by atoms with E-state index in [1.165, 1.54) is 0 Å². The zero-order valence-corrected chi connectivity index (χ0v) is 16.3. The lowest BCUT2D eigenvalue weighted by Crippen LogP contribution is -2.26. The lowest BCUT2D eigenvalue weighted by Gasteiger charge is -2.24. The molecule has 0 bridgehead atoms. The Hall–Kier alpha value is -3.11. The van der Waals surface area contributed by atoms with Gasteiger partial charge in [-0.1, -0.05) is 60.7 Å². The summed E-state index contributed by atoms with van der Waals surface area (Å²) in [4.78, 5) is 13.1. The maximum Gasteiger partial charge on any atom is 0.196 e. The first-order chi connectivity index (χ1) is 14.3. The quantitative estimate of drug-likeness (QED) is 0.531. The summed E-state index contributed by atoms with van der Waals surface area (Å²) in [5.74, 6) is 1.19. The standard InChI is InChI=1S/C25H24O4/c26-25(20-9-5-2-6-10-20)23-12-11-22(28-18-19-7-3-1-4-8-19)17-24(23)29-21-13-15-27-16-14-21/h1-12,17,21H,13-16,18H2. The van der Waals surface area contributed by atoms with Gasteiger partial charge in [0.05, 0.1) is 18.8 Å². The van der Waals surface area contributed by atoms with Crippen molar-refractivity contribution >= 4 is 5.78 Å². The Morgan fingerprint density at radius 3 is 2.31 bits per heavy atom. The molecule has 3 aromatic rings. The van der Waals surface area contributed by atoms with Crippen LogP contribution >= 0.6 is 0 Å². The van der Waals surface area contributed by atoms with Gasteiger partial charge in [0.25, 0.3) is 0 Å². The summed E-state index contributed by atoms with van der Waals surface area (Å²) < 4.78 is 17.6. The zero-order valence-electron chi connectivity index (χ0n) is 16.3. The van der Waals surface area contributed by atoms with Crippen LogP contribution in [0.15, 0.2) is 78.9 Å². The molecule has 0 spiro atoms. The molecule has 29 heavy (non-hydrogen) atoms. The van der Waals surface area contributed by atoms with Gasteiger partial charge >= 0.3 is 0 Å². The maximum absolute atomic E-state index is 13.1. The lowest BCUT2D eigenvalue weighted by atomic mass is 10.0. The van der Waals surface area contributed by atoms with Crippen molar-refractivity contribution < 1.29 is 19.0 Å². The fourth-order valence-corrected chi connectivity index (χ4v) is 3.34. The third-order valence-electron chi connectivity index (χ3n) is 4.94. The molecule has 0 atom stereocenters. The van der Waals surface area contributed by atoms with Crippen molar-refractivity contribution in [3.8, 4) is 11.5 Å². The summed E-state index contributed by atoms with van der Waals surface area (Å²) in [6.07, 6.45) is 1.66. The Labute approximate surface area is 171 Å². The second-order valence-corrected chi connectivity index (χ2v) is 7.06. The molecule has 1 aliphatic heterocycles. The van der Waals surface area contributed by atoms with E-state index in [9.17, 15) is 4.79 Å². The van der Waals surface area contributed by atoms with E-state index in [0.29, 0.717) is 42.4 Å². The Balaban J connectivity index is 1.58. The number of carbonyl (C=O) groups excluding carboxylic acids is 1. The number of ether oxygens (including phenoxy) is 3. The topological polar surface area (TPSA) is 44.8 Å². The predicted octanol–water partition coefficient (Wildman–Crippen LogP) is 5.05. The number of ketones is 1. The molecule has 0 aliphatic carbocycles. The van der Waals surface area contributed by atoms with Gasteiger partial charge in [-0.15, -0.1) is 0 Å². The number of carbonyl (C=O) groups is 1. The predicted molar refractivity (Wildman–Crippen MR) is 112 cm³/mol. The van der Waals surface area contributed by atoms with Gasteiger partial charge in [-0.3, -0.25) is 4.79 Å². The first-order valence-electron chi connectivity index (χ1n) is 9.94. The van der Waals surface area contributed by atoms with E-state index in [1.54, 1.807) is 6.07 Å². The molecule has 1 aliphatic rings. The van der Waals surface area contributed by atoms with Crippen LogP contribution in [-0.2, 0) is 11.3 Å². The second-order valence-electron chi connectivity index (χ2n) is 7.06. The molecule has 0 amide bonds. The number of benzene rings is 3. The van der Waals surface area contributed by atoms with Crippen LogP contribution in [-0.4, -0.2) is 25.1 Å². The van der Waals surface area contributed by atoms with Crippen LogP contribution in [0.1, 0.15) is 34.3 Å². The van der Waals surface area contributed by atoms with E-state index in [-0.39, 0.29) is 11.9 Å². The molecule has 0 aromatic heterocycles. The zero-order chi connectivity index (χ0) is 19.9. The van der Waals surface area contributed by atoms with Crippen LogP contribution in [0, 0.1) is 0 Å². The van der Waals surface area contributed by atoms with Gasteiger partial charge in [-0.2, -0.15) is 0 Å². The van der Waals surface area contributed by atoms with Crippen molar-refractivity contribution in [1.82, 2.24) is 0 Å². The number of rotatable bonds is 7. The molecule has 1 fully saturated rings. The highest BCUT2D eigenvalue weighted by Crippen LogP contribution is 2.30. The molecule has 0 radical (unpaired) electrons. The van der Waals surface area contributed by atoms with Gasteiger partial charge in [0.1, 0.15) is 24.2 Å². The SMILES string of the molecule is O=C(c1ccccc1)c1ccc(OCc2ccccc2)cc1OC1CCOCC1. The summed E-state index contributed by atoms with van der Waals surface area (Å²) in [5.41, 5.74) is 2.28. The van der Waals surface area contributed by atoms with Gasteiger partial charge < -0.3 is 14.2 Å². The summed E-state index contributed by atoms with van der Waals surface area (Å²) in [6.45, 7) is 1.82. The van der Waals surface area contributed by atoms with Gasteiger partial charge in [-0.05, 0) is 17.7 Å². The maximum atomic E-state index is 13.1. The minimum Gasteiger partial charge on any atom is -0.489 e. The van der Waals surface area contributed by atoms with Gasteiger partial charge in [0, 0.05) is 24.5 Å². The summed E-state index contributed by atoms with van der Waals surface area (Å²) in [5, 5.41) is 0. The van der Waals surface area contributed by atoms with Gasteiger partial charge in [0.15, 0.2) is 5.78 Å². The lowest BCUT2D eigenvalue weighted by molar-refractivity contribution is 0.0252. The van der Waals surface area contributed by atoms with Crippen molar-refractivity contribution in [3.05, 3.63) is 95.6 Å². The van der Waals surface area contributed by atoms with E-state index in [1.807, 2.05) is 72.8 Å². The first-order valence-corrected chi connectivity index (χ1v) is 9.94. The van der Waals surface area contributed by atoms with Crippen molar-refractivity contribution in [2.75, 3.05) is 13.2 Å². The van der Waals surface area contributed by atoms with Crippen LogP contribution in [0.5, 0.6) is 11.5 Å². The summed E-state index contributed by atoms with van der Waals surface area (Å²) >= 11 is 0. The molecular weight excluding hydrogens is 364 g/mol. The van der Waals surface area contributed by atoms with Gasteiger partial charge in [-0.25, -0.2) is 0 Å². The third-order valence-corrected chi connectivity index (χ3v) is 4.94. The Morgan fingerprint density at radius 2 is 1.59 bits per heavy atom. The average molecular weight is 388 g/mol. The smallest absolute Gasteiger partial charge is 0.196 e. The van der Waals surface area contributed by atoms with Crippen molar-refractivity contribution in [3.63, 3.8) is 0 Å². The van der Waals surface area contributed by atoms with Crippen LogP contribution in [0.4, 0.5) is 0 Å². The molecule has 1 saturated heterocycles. The molecule has 4 nitrogen and oxygen atoms in total. The highest BCUT2D eigenvalue weighted by atomic mass is 16.5. The molecule has 1 heterocycles. The second kappa shape index (κ2) is 9.39. The normalized spacial score (nSPS) is 14.3. The molecule has 0 unspecified atom stereocenters. The molecule has 148 valence electrons. The molecule has 4 rings (SSSR count). The molecule has 0 N–H and O–H groups in total. The molecule has 4 heteroatoms. The molecule has 3 aromatic carbocycles. The minimum atomic E-state index is -0.0535. The minimum absolute atomic E-state index is 0.0375. The Kier molecular flexibility index (Phi) is 6.22. The van der Waals surface area contributed by atoms with Crippen LogP contribution in [0.3, 0.4) is 0 Å². The monoisotopic (exact) mass is 388 g/mol. The van der Waals surface area contributed by atoms with E-state index < -0.39 is 0 Å². The Bertz CT molecular complexity index is 932. The van der Waals surface area contributed by atoms with Crippen LogP contribution < -0.4 is 9.47 Å². The number of hydrogen-bond donors (Lipinski definition) is 0. The fourth-order valence-electron chi connectivity index (χ4n) is 3.34. The first kappa shape index (κ1) is 19.2. The summed E-state index contributed by atoms with van der Waals surface area (Å²) in [6, 6.07) is 24.7. The highest BCUT2D eigenvalue weighted by Gasteiger charge is 2.21. The van der Waals surface area contributed by atoms with E-state index in [0.717, 1.165) is 18.4 Å². The largest absolute Gasteiger partial charge is 0.489 e.